The normalized spacial score (nSPS) is 12.9. The maximum atomic E-state index is 12.9. The lowest BCUT2D eigenvalue weighted by Gasteiger charge is -2.18. The molecule has 0 heterocycles. The lowest BCUT2D eigenvalue weighted by Crippen LogP contribution is -2.30. The predicted octanol–water partition coefficient (Wildman–Crippen LogP) is 22.8. The standard InChI is InChI=1S/C73H122O6/c1-4-7-10-13-16-19-22-25-27-29-31-33-34-35-36-37-38-40-41-43-45-48-51-54-57-60-63-66-72(75)78-69-70(68-77-71(74)65-62-59-56-53-50-47-24-21-18-15-12-9-6-3)79-73(76)67-64-61-58-55-52-49-46-44-42-39-32-30-28-26-23-20-17-14-11-8-5-2/h7-8,10-11,16-17,19-21,24-28,31-33,39,44,46,70H,4-6,9,12-15,18,22-23,29-30,34-38,40-43,45,47-69H2,1-3H3/b10-7-,11-8-,19-16-,20-17-,24-21-,27-25-,28-26-,33-31-,39-32-,46-44-. The van der Waals surface area contributed by atoms with Gasteiger partial charge in [0.15, 0.2) is 6.10 Å². The second-order valence-corrected chi connectivity index (χ2v) is 21.6. The van der Waals surface area contributed by atoms with E-state index < -0.39 is 6.10 Å². The van der Waals surface area contributed by atoms with E-state index in [-0.39, 0.29) is 31.1 Å². The van der Waals surface area contributed by atoms with Gasteiger partial charge in [0.1, 0.15) is 13.2 Å². The molecular formula is C73H122O6. The molecule has 0 aromatic carbocycles. The molecule has 0 aliphatic carbocycles. The van der Waals surface area contributed by atoms with Gasteiger partial charge in [0, 0.05) is 19.3 Å². The van der Waals surface area contributed by atoms with E-state index in [1.165, 1.54) is 122 Å². The largest absolute Gasteiger partial charge is 0.462 e. The fourth-order valence-electron chi connectivity index (χ4n) is 9.04. The molecule has 0 fully saturated rings. The highest BCUT2D eigenvalue weighted by molar-refractivity contribution is 5.71. The summed E-state index contributed by atoms with van der Waals surface area (Å²) in [5.41, 5.74) is 0. The van der Waals surface area contributed by atoms with Crippen molar-refractivity contribution in [3.63, 3.8) is 0 Å². The van der Waals surface area contributed by atoms with Gasteiger partial charge in [0.2, 0.25) is 0 Å². The molecule has 0 rings (SSSR count). The third-order valence-electron chi connectivity index (χ3n) is 13.9. The summed E-state index contributed by atoms with van der Waals surface area (Å²) < 4.78 is 16.9. The number of carbonyl (C=O) groups is 3. The molecule has 0 aliphatic rings. The summed E-state index contributed by atoms with van der Waals surface area (Å²) >= 11 is 0. The van der Waals surface area contributed by atoms with Crippen molar-refractivity contribution in [1.29, 1.82) is 0 Å². The van der Waals surface area contributed by atoms with E-state index in [0.717, 1.165) is 141 Å². The summed E-state index contributed by atoms with van der Waals surface area (Å²) in [7, 11) is 0. The van der Waals surface area contributed by atoms with Gasteiger partial charge >= 0.3 is 17.9 Å². The Bertz CT molecular complexity index is 1640. The Morgan fingerprint density at radius 3 is 0.785 bits per heavy atom. The molecule has 6 heteroatoms. The quantitative estimate of drug-likeness (QED) is 0.0261. The van der Waals surface area contributed by atoms with Crippen molar-refractivity contribution < 1.29 is 28.6 Å². The van der Waals surface area contributed by atoms with Crippen LogP contribution in [0.15, 0.2) is 122 Å². The van der Waals surface area contributed by atoms with E-state index in [2.05, 4.69) is 142 Å². The molecule has 79 heavy (non-hydrogen) atoms. The predicted molar refractivity (Wildman–Crippen MR) is 343 cm³/mol. The van der Waals surface area contributed by atoms with Crippen LogP contribution >= 0.6 is 0 Å². The number of esters is 3. The molecule has 0 N–H and O–H groups in total. The Labute approximate surface area is 488 Å². The fourth-order valence-corrected chi connectivity index (χ4v) is 9.04. The first-order valence-corrected chi connectivity index (χ1v) is 33.0. The molecular weight excluding hydrogens is 973 g/mol. The monoisotopic (exact) mass is 1090 g/mol. The second-order valence-electron chi connectivity index (χ2n) is 21.6. The Kier molecular flexibility index (Phi) is 62.8. The summed E-state index contributed by atoms with van der Waals surface area (Å²) in [6.07, 6.45) is 92.1. The van der Waals surface area contributed by atoms with Gasteiger partial charge in [0.05, 0.1) is 0 Å². The van der Waals surface area contributed by atoms with Crippen molar-refractivity contribution in [2.24, 2.45) is 0 Å². The second kappa shape index (κ2) is 66.3. The van der Waals surface area contributed by atoms with Gasteiger partial charge in [-0.2, -0.15) is 0 Å². The molecule has 450 valence electrons. The van der Waals surface area contributed by atoms with E-state index in [1.807, 2.05) is 0 Å². The molecule has 0 radical (unpaired) electrons. The zero-order valence-corrected chi connectivity index (χ0v) is 51.6. The van der Waals surface area contributed by atoms with Crippen LogP contribution < -0.4 is 0 Å². The van der Waals surface area contributed by atoms with E-state index in [9.17, 15) is 14.4 Å². The van der Waals surface area contributed by atoms with Crippen molar-refractivity contribution >= 4 is 17.9 Å². The van der Waals surface area contributed by atoms with Crippen LogP contribution in [-0.2, 0) is 28.6 Å². The van der Waals surface area contributed by atoms with Crippen LogP contribution in [0.25, 0.3) is 0 Å². The van der Waals surface area contributed by atoms with Gasteiger partial charge < -0.3 is 14.2 Å². The number of carbonyl (C=O) groups excluding carboxylic acids is 3. The van der Waals surface area contributed by atoms with E-state index >= 15 is 0 Å². The Morgan fingerprint density at radius 1 is 0.266 bits per heavy atom. The zero-order valence-electron chi connectivity index (χ0n) is 51.6. The molecule has 1 atom stereocenters. The van der Waals surface area contributed by atoms with Crippen molar-refractivity contribution in [3.05, 3.63) is 122 Å². The molecule has 1 unspecified atom stereocenters. The van der Waals surface area contributed by atoms with Gasteiger partial charge in [-0.05, 0) is 128 Å². The van der Waals surface area contributed by atoms with Crippen LogP contribution in [-0.4, -0.2) is 37.2 Å². The summed E-state index contributed by atoms with van der Waals surface area (Å²) in [5, 5.41) is 0. The summed E-state index contributed by atoms with van der Waals surface area (Å²) in [6.45, 7) is 6.39. The van der Waals surface area contributed by atoms with Crippen molar-refractivity contribution in [3.8, 4) is 0 Å². The van der Waals surface area contributed by atoms with E-state index in [4.69, 9.17) is 14.2 Å². The third-order valence-corrected chi connectivity index (χ3v) is 13.9. The van der Waals surface area contributed by atoms with Crippen molar-refractivity contribution in [2.45, 2.75) is 309 Å². The first-order valence-electron chi connectivity index (χ1n) is 33.0. The fraction of sp³-hybridized carbons (Fsp3) is 0.685. The summed E-state index contributed by atoms with van der Waals surface area (Å²) in [4.78, 5) is 38.3. The minimum Gasteiger partial charge on any atom is -0.462 e. The first kappa shape index (κ1) is 74.8. The number of hydrogen-bond donors (Lipinski definition) is 0. The lowest BCUT2D eigenvalue weighted by atomic mass is 10.0. The summed E-state index contributed by atoms with van der Waals surface area (Å²) in [5.74, 6) is -0.911. The van der Waals surface area contributed by atoms with Crippen LogP contribution in [0, 0.1) is 0 Å². The molecule has 0 spiro atoms. The smallest absolute Gasteiger partial charge is 0.306 e. The number of rotatable bonds is 59. The number of hydrogen-bond acceptors (Lipinski definition) is 6. The average Bonchev–Trinajstić information content (AvgIpc) is 3.45. The molecule has 0 aromatic heterocycles. The Balaban J connectivity index is 4.33. The Hall–Kier alpha value is -4.19. The average molecular weight is 1100 g/mol. The van der Waals surface area contributed by atoms with Crippen LogP contribution in [0.4, 0.5) is 0 Å². The first-order chi connectivity index (χ1) is 39.0. The van der Waals surface area contributed by atoms with Gasteiger partial charge in [-0.3, -0.25) is 14.4 Å². The SMILES string of the molecule is CC/C=C\C/C=C\C/C=C\C/C=C\C/C=C\CCCCCCCC(=O)OC(COC(=O)CCCCCCC/C=C\CCCCCC)COC(=O)CCCCCCCCCCCCCCCC/C=C\C/C=C\C/C=C\C/C=C\CC. The molecule has 0 bridgehead atoms. The third kappa shape index (κ3) is 64.5. The summed E-state index contributed by atoms with van der Waals surface area (Å²) in [6, 6.07) is 0. The zero-order chi connectivity index (χ0) is 57.1. The lowest BCUT2D eigenvalue weighted by molar-refractivity contribution is -0.167. The van der Waals surface area contributed by atoms with Crippen LogP contribution in [0.5, 0.6) is 0 Å². The van der Waals surface area contributed by atoms with Gasteiger partial charge in [-0.15, -0.1) is 0 Å². The molecule has 6 nitrogen and oxygen atoms in total. The maximum absolute atomic E-state index is 12.9. The van der Waals surface area contributed by atoms with Crippen molar-refractivity contribution in [2.75, 3.05) is 13.2 Å². The number of allylic oxidation sites excluding steroid dienone is 20. The molecule has 0 aliphatic heterocycles. The minimum atomic E-state index is -0.796. The highest BCUT2D eigenvalue weighted by Crippen LogP contribution is 2.16. The minimum absolute atomic E-state index is 0.0898. The molecule has 0 amide bonds. The highest BCUT2D eigenvalue weighted by atomic mass is 16.6. The van der Waals surface area contributed by atoms with Crippen molar-refractivity contribution in [1.82, 2.24) is 0 Å². The van der Waals surface area contributed by atoms with Crippen LogP contribution in [0.1, 0.15) is 303 Å². The topological polar surface area (TPSA) is 78.9 Å². The van der Waals surface area contributed by atoms with Gasteiger partial charge in [-0.1, -0.05) is 277 Å². The van der Waals surface area contributed by atoms with E-state index in [0.29, 0.717) is 19.3 Å². The number of unbranched alkanes of at least 4 members (excludes halogenated alkanes) is 28. The van der Waals surface area contributed by atoms with Gasteiger partial charge in [0.25, 0.3) is 0 Å². The van der Waals surface area contributed by atoms with Crippen LogP contribution in [0.2, 0.25) is 0 Å². The molecule has 0 saturated heterocycles. The number of ether oxygens (including phenoxy) is 3. The molecule has 0 aromatic rings. The molecule has 0 saturated carbocycles. The Morgan fingerprint density at radius 2 is 0.494 bits per heavy atom. The van der Waals surface area contributed by atoms with Crippen LogP contribution in [0.3, 0.4) is 0 Å². The van der Waals surface area contributed by atoms with E-state index in [1.54, 1.807) is 0 Å². The highest BCUT2D eigenvalue weighted by Gasteiger charge is 2.19. The maximum Gasteiger partial charge on any atom is 0.306 e. The van der Waals surface area contributed by atoms with Gasteiger partial charge in [-0.25, -0.2) is 0 Å².